The van der Waals surface area contributed by atoms with Gasteiger partial charge in [0, 0.05) is 12.8 Å². The van der Waals surface area contributed by atoms with Gasteiger partial charge in [-0.1, -0.05) is 0 Å². The van der Waals surface area contributed by atoms with Gasteiger partial charge in [0.05, 0.1) is 11.0 Å². The van der Waals surface area contributed by atoms with Crippen molar-refractivity contribution < 1.29 is 23.0 Å². The van der Waals surface area contributed by atoms with Crippen molar-refractivity contribution in [1.29, 1.82) is 0 Å². The summed E-state index contributed by atoms with van der Waals surface area (Å²) in [4.78, 5) is 3.47. The average molecular weight is 253 g/mol. The number of ether oxygens (including phenoxy) is 1. The number of thiazole rings is 1. The lowest BCUT2D eigenvalue weighted by atomic mass is 10.1. The van der Waals surface area contributed by atoms with E-state index >= 15 is 0 Å². The second-order valence-corrected chi connectivity index (χ2v) is 4.62. The maximum Gasteiger partial charge on any atom is 0.443 e. The predicted molar refractivity (Wildman–Crippen MR) is 51.0 cm³/mol. The molecule has 3 nitrogen and oxygen atoms in total. The lowest BCUT2D eigenvalue weighted by Crippen LogP contribution is -2.15. The van der Waals surface area contributed by atoms with E-state index in [0.717, 1.165) is 12.6 Å². The van der Waals surface area contributed by atoms with Crippen molar-refractivity contribution in [2.75, 3.05) is 6.61 Å². The molecule has 0 bridgehead atoms. The number of nitrogens with zero attached hydrogens (tertiary/aromatic N) is 1. The molecule has 0 radical (unpaired) electrons. The molecule has 1 aromatic rings. The summed E-state index contributed by atoms with van der Waals surface area (Å²) in [6, 6.07) is 0. The molecular weight excluding hydrogens is 243 g/mol. The zero-order chi connectivity index (χ0) is 11.8. The van der Waals surface area contributed by atoms with Crippen LogP contribution in [0.15, 0.2) is 6.20 Å². The fourth-order valence-electron chi connectivity index (χ4n) is 1.59. The molecule has 0 saturated carbocycles. The Balaban J connectivity index is 2.12. The van der Waals surface area contributed by atoms with Gasteiger partial charge in [0.25, 0.3) is 0 Å². The quantitative estimate of drug-likeness (QED) is 0.879. The van der Waals surface area contributed by atoms with Gasteiger partial charge in [-0.05, 0) is 12.8 Å². The van der Waals surface area contributed by atoms with Crippen molar-refractivity contribution in [3.8, 4) is 0 Å². The molecule has 0 aromatic carbocycles. The van der Waals surface area contributed by atoms with E-state index in [1.807, 2.05) is 0 Å². The first-order valence-electron chi connectivity index (χ1n) is 4.81. The van der Waals surface area contributed by atoms with E-state index in [1.54, 1.807) is 0 Å². The van der Waals surface area contributed by atoms with E-state index in [9.17, 15) is 18.3 Å². The Morgan fingerprint density at radius 1 is 1.56 bits per heavy atom. The molecule has 1 N–H and O–H groups in total. The summed E-state index contributed by atoms with van der Waals surface area (Å²) < 4.78 is 42.0. The van der Waals surface area contributed by atoms with Crippen molar-refractivity contribution in [1.82, 2.24) is 4.98 Å². The number of rotatable bonds is 2. The molecule has 1 aliphatic heterocycles. The molecule has 1 aromatic heterocycles. The Labute approximate surface area is 93.9 Å². The third-order valence-corrected chi connectivity index (χ3v) is 3.49. The van der Waals surface area contributed by atoms with Crippen LogP contribution >= 0.6 is 11.3 Å². The van der Waals surface area contributed by atoms with Crippen LogP contribution in [0.1, 0.15) is 28.8 Å². The minimum Gasteiger partial charge on any atom is -0.385 e. The molecule has 0 amide bonds. The average Bonchev–Trinajstić information content (AvgIpc) is 2.87. The summed E-state index contributed by atoms with van der Waals surface area (Å²) in [5.74, 6) is 0. The van der Waals surface area contributed by atoms with E-state index in [1.165, 1.54) is 0 Å². The van der Waals surface area contributed by atoms with Crippen molar-refractivity contribution in [3.05, 3.63) is 16.1 Å². The highest BCUT2D eigenvalue weighted by atomic mass is 32.1. The van der Waals surface area contributed by atoms with E-state index in [4.69, 9.17) is 4.74 Å². The maximum atomic E-state index is 12.3. The molecule has 0 spiro atoms. The second-order valence-electron chi connectivity index (χ2n) is 3.56. The number of aliphatic hydroxyl groups excluding tert-OH is 1. The topological polar surface area (TPSA) is 42.4 Å². The predicted octanol–water partition coefficient (Wildman–Crippen LogP) is 2.37. The van der Waals surface area contributed by atoms with Crippen molar-refractivity contribution in [2.45, 2.75) is 31.2 Å². The van der Waals surface area contributed by atoms with Crippen molar-refractivity contribution >= 4 is 11.3 Å². The standard InChI is InChI=1S/C9H10F3NO2S/c10-9(11,12)8-13-4-6(16-8)7(14)5-2-1-3-15-5/h4-5,7,14H,1-3H2. The summed E-state index contributed by atoms with van der Waals surface area (Å²) in [5.41, 5.74) is 0. The molecule has 2 rings (SSSR count). The van der Waals surface area contributed by atoms with Crippen LogP contribution in [-0.2, 0) is 10.9 Å². The summed E-state index contributed by atoms with van der Waals surface area (Å²) in [7, 11) is 0. The molecule has 90 valence electrons. The molecule has 2 heterocycles. The van der Waals surface area contributed by atoms with Gasteiger partial charge in [-0.2, -0.15) is 13.2 Å². The maximum absolute atomic E-state index is 12.3. The molecule has 2 atom stereocenters. The van der Waals surface area contributed by atoms with Crippen LogP contribution in [0, 0.1) is 0 Å². The Bertz CT molecular complexity index is 360. The summed E-state index contributed by atoms with van der Waals surface area (Å²) in [6.45, 7) is 0.548. The fraction of sp³-hybridized carbons (Fsp3) is 0.667. The van der Waals surface area contributed by atoms with Crippen LogP contribution < -0.4 is 0 Å². The van der Waals surface area contributed by atoms with E-state index < -0.39 is 23.4 Å². The largest absolute Gasteiger partial charge is 0.443 e. The Hall–Kier alpha value is -0.660. The third kappa shape index (κ3) is 2.36. The highest BCUT2D eigenvalue weighted by molar-refractivity contribution is 7.11. The molecule has 0 aliphatic carbocycles. The molecule has 16 heavy (non-hydrogen) atoms. The minimum absolute atomic E-state index is 0.208. The van der Waals surface area contributed by atoms with Gasteiger partial charge in [0.2, 0.25) is 0 Å². The third-order valence-electron chi connectivity index (χ3n) is 2.37. The monoisotopic (exact) mass is 253 g/mol. The summed E-state index contributed by atoms with van der Waals surface area (Å²) >= 11 is 0.469. The van der Waals surface area contributed by atoms with Crippen LogP contribution in [0.5, 0.6) is 0 Å². The van der Waals surface area contributed by atoms with Crippen molar-refractivity contribution in [2.24, 2.45) is 0 Å². The van der Waals surface area contributed by atoms with Gasteiger partial charge in [-0.15, -0.1) is 11.3 Å². The van der Waals surface area contributed by atoms with Gasteiger partial charge in [0.15, 0.2) is 5.01 Å². The highest BCUT2D eigenvalue weighted by Gasteiger charge is 2.36. The number of alkyl halides is 3. The Kier molecular flexibility index (Phi) is 3.18. The van der Waals surface area contributed by atoms with Gasteiger partial charge in [0.1, 0.15) is 6.10 Å². The first kappa shape index (κ1) is 11.8. The molecule has 1 saturated heterocycles. The normalized spacial score (nSPS) is 23.6. The van der Waals surface area contributed by atoms with Crippen LogP contribution in [0.4, 0.5) is 13.2 Å². The number of hydrogen-bond acceptors (Lipinski definition) is 4. The number of aromatic nitrogens is 1. The first-order valence-corrected chi connectivity index (χ1v) is 5.63. The molecule has 7 heteroatoms. The SMILES string of the molecule is OC(c1cnc(C(F)(F)F)s1)C1CCCO1. The number of aliphatic hydroxyl groups is 1. The lowest BCUT2D eigenvalue weighted by Gasteiger charge is -2.14. The lowest BCUT2D eigenvalue weighted by molar-refractivity contribution is -0.137. The Morgan fingerprint density at radius 3 is 2.81 bits per heavy atom. The van der Waals surface area contributed by atoms with E-state index in [2.05, 4.69) is 4.98 Å². The van der Waals surface area contributed by atoms with Crippen molar-refractivity contribution in [3.63, 3.8) is 0 Å². The molecule has 1 aliphatic rings. The van der Waals surface area contributed by atoms with Gasteiger partial charge >= 0.3 is 6.18 Å². The van der Waals surface area contributed by atoms with E-state index in [0.29, 0.717) is 24.4 Å². The van der Waals surface area contributed by atoms with Crippen LogP contribution in [0.2, 0.25) is 0 Å². The van der Waals surface area contributed by atoms with Crippen LogP contribution in [-0.4, -0.2) is 22.8 Å². The number of hydrogen-bond donors (Lipinski definition) is 1. The zero-order valence-electron chi connectivity index (χ0n) is 8.20. The molecular formula is C9H10F3NO2S. The zero-order valence-corrected chi connectivity index (χ0v) is 9.01. The van der Waals surface area contributed by atoms with Gasteiger partial charge in [-0.3, -0.25) is 0 Å². The van der Waals surface area contributed by atoms with Gasteiger partial charge < -0.3 is 9.84 Å². The minimum atomic E-state index is -4.45. The Morgan fingerprint density at radius 2 is 2.31 bits per heavy atom. The summed E-state index contributed by atoms with van der Waals surface area (Å²) in [5, 5.41) is 8.85. The smallest absolute Gasteiger partial charge is 0.385 e. The van der Waals surface area contributed by atoms with Crippen LogP contribution in [0.25, 0.3) is 0 Å². The molecule has 1 fully saturated rings. The van der Waals surface area contributed by atoms with Gasteiger partial charge in [-0.25, -0.2) is 4.98 Å². The highest BCUT2D eigenvalue weighted by Crippen LogP contribution is 2.36. The van der Waals surface area contributed by atoms with E-state index in [-0.39, 0.29) is 4.88 Å². The summed E-state index contributed by atoms with van der Waals surface area (Å²) in [6.07, 6.45) is -3.29. The second kappa shape index (κ2) is 4.31. The van der Waals surface area contributed by atoms with Crippen LogP contribution in [0.3, 0.4) is 0 Å². The fourth-order valence-corrected chi connectivity index (χ4v) is 2.41. The molecule has 2 unspecified atom stereocenters. The number of halogens is 3. The first-order chi connectivity index (χ1) is 7.48.